The maximum absolute atomic E-state index is 12.1. The summed E-state index contributed by atoms with van der Waals surface area (Å²) in [6, 6.07) is 18.4. The Labute approximate surface area is 190 Å². The first kappa shape index (κ1) is 23.5. The molecule has 0 unspecified atom stereocenters. The Hall–Kier alpha value is -3.21. The van der Waals surface area contributed by atoms with E-state index >= 15 is 0 Å². The summed E-state index contributed by atoms with van der Waals surface area (Å²) < 4.78 is 0. The number of hydrogen-bond acceptors (Lipinski definition) is 3. The minimum Gasteiger partial charge on any atom is -0.347 e. The first-order valence-corrected chi connectivity index (χ1v) is 11.7. The molecule has 3 aromatic carbocycles. The van der Waals surface area contributed by atoms with Crippen molar-refractivity contribution in [1.82, 2.24) is 10.7 Å². The van der Waals surface area contributed by atoms with Gasteiger partial charge in [0.1, 0.15) is 0 Å². The van der Waals surface area contributed by atoms with Crippen LogP contribution in [0.1, 0.15) is 63.9 Å². The number of rotatable bonds is 12. The molecule has 0 aliphatic heterocycles. The van der Waals surface area contributed by atoms with Gasteiger partial charge in [0.2, 0.25) is 5.91 Å². The molecule has 3 rings (SSSR count). The molecule has 0 bridgehead atoms. The summed E-state index contributed by atoms with van der Waals surface area (Å²) >= 11 is 0. The first-order chi connectivity index (χ1) is 15.7. The van der Waals surface area contributed by atoms with Gasteiger partial charge in [-0.1, -0.05) is 94.0 Å². The lowest BCUT2D eigenvalue weighted by molar-refractivity contribution is -0.126. The number of unbranched alkanes of at least 4 members (excludes halogenated alkanes) is 6. The number of carbonyl (C=O) groups is 2. The predicted octanol–water partition coefficient (Wildman–Crippen LogP) is 5.70. The highest BCUT2D eigenvalue weighted by molar-refractivity contribution is 6.13. The largest absolute Gasteiger partial charge is 0.347 e. The molecular weight excluding hydrogens is 398 g/mol. The van der Waals surface area contributed by atoms with Crippen LogP contribution in [-0.4, -0.2) is 24.6 Å². The van der Waals surface area contributed by atoms with Gasteiger partial charge in [-0.25, -0.2) is 5.43 Å². The summed E-state index contributed by atoms with van der Waals surface area (Å²) in [6.45, 7) is 2.14. The average Bonchev–Trinajstić information content (AvgIpc) is 2.81. The molecule has 168 valence electrons. The zero-order chi connectivity index (χ0) is 22.6. The second-order valence-electron chi connectivity index (χ2n) is 8.17. The highest BCUT2D eigenvalue weighted by Gasteiger charge is 2.07. The van der Waals surface area contributed by atoms with E-state index in [0.29, 0.717) is 6.42 Å². The van der Waals surface area contributed by atoms with Gasteiger partial charge in [0.15, 0.2) is 0 Å². The minimum atomic E-state index is -0.335. The molecule has 0 atom stereocenters. The van der Waals surface area contributed by atoms with E-state index in [9.17, 15) is 9.59 Å². The van der Waals surface area contributed by atoms with E-state index in [0.717, 1.165) is 39.9 Å². The van der Waals surface area contributed by atoms with Crippen molar-refractivity contribution in [3.05, 3.63) is 60.2 Å². The third-order valence-electron chi connectivity index (χ3n) is 5.65. The Morgan fingerprint density at radius 1 is 0.812 bits per heavy atom. The van der Waals surface area contributed by atoms with Crippen LogP contribution in [0.25, 0.3) is 21.5 Å². The molecule has 32 heavy (non-hydrogen) atoms. The van der Waals surface area contributed by atoms with Crippen LogP contribution < -0.4 is 10.7 Å². The quantitative estimate of drug-likeness (QED) is 0.167. The fourth-order valence-corrected chi connectivity index (χ4v) is 3.91. The molecule has 3 aromatic rings. The zero-order valence-electron chi connectivity index (χ0n) is 18.9. The van der Waals surface area contributed by atoms with Crippen LogP contribution in [0.5, 0.6) is 0 Å². The highest BCUT2D eigenvalue weighted by atomic mass is 16.2. The summed E-state index contributed by atoms with van der Waals surface area (Å²) in [6.07, 6.45) is 10.3. The molecule has 0 saturated heterocycles. The van der Waals surface area contributed by atoms with E-state index in [2.05, 4.69) is 53.1 Å². The van der Waals surface area contributed by atoms with Gasteiger partial charge in [-0.15, -0.1) is 0 Å². The predicted molar refractivity (Wildman–Crippen MR) is 133 cm³/mol. The molecule has 0 saturated carbocycles. The van der Waals surface area contributed by atoms with Crippen LogP contribution in [0, 0.1) is 0 Å². The van der Waals surface area contributed by atoms with Crippen LogP contribution in [0.2, 0.25) is 0 Å². The lowest BCUT2D eigenvalue weighted by Crippen LogP contribution is -2.34. The monoisotopic (exact) mass is 431 g/mol. The number of amides is 2. The van der Waals surface area contributed by atoms with E-state index < -0.39 is 0 Å². The Balaban J connectivity index is 1.47. The Morgan fingerprint density at radius 2 is 1.41 bits per heavy atom. The Kier molecular flexibility index (Phi) is 9.23. The summed E-state index contributed by atoms with van der Waals surface area (Å²) in [5.41, 5.74) is 3.49. The molecule has 0 fully saturated rings. The highest BCUT2D eigenvalue weighted by Crippen LogP contribution is 2.27. The van der Waals surface area contributed by atoms with Crippen molar-refractivity contribution in [3.63, 3.8) is 0 Å². The van der Waals surface area contributed by atoms with Crippen LogP contribution >= 0.6 is 0 Å². The molecule has 5 heteroatoms. The van der Waals surface area contributed by atoms with Crippen LogP contribution in [-0.2, 0) is 9.59 Å². The number of fused-ring (bicyclic) bond motifs is 2. The van der Waals surface area contributed by atoms with Crippen LogP contribution in [0.4, 0.5) is 0 Å². The topological polar surface area (TPSA) is 70.6 Å². The van der Waals surface area contributed by atoms with Crippen molar-refractivity contribution >= 4 is 39.6 Å². The number of hydrazone groups is 1. The summed E-state index contributed by atoms with van der Waals surface area (Å²) in [5.74, 6) is -0.420. The summed E-state index contributed by atoms with van der Waals surface area (Å²) in [7, 11) is 0. The van der Waals surface area contributed by atoms with Crippen molar-refractivity contribution in [2.75, 3.05) is 6.54 Å². The van der Waals surface area contributed by atoms with Gasteiger partial charge in [0, 0.05) is 12.0 Å². The normalized spacial score (nSPS) is 11.3. The second kappa shape index (κ2) is 12.6. The van der Waals surface area contributed by atoms with Crippen molar-refractivity contribution < 1.29 is 9.59 Å². The number of benzene rings is 3. The number of carbonyl (C=O) groups excluding carboxylic acids is 2. The molecular formula is C27H33N3O2. The molecule has 0 heterocycles. The van der Waals surface area contributed by atoms with Gasteiger partial charge >= 0.3 is 0 Å². The fourth-order valence-electron chi connectivity index (χ4n) is 3.91. The maximum Gasteiger partial charge on any atom is 0.259 e. The number of nitrogens with zero attached hydrogens (tertiary/aromatic N) is 1. The lowest BCUT2D eigenvalue weighted by atomic mass is 9.97. The third kappa shape index (κ3) is 6.91. The zero-order valence-corrected chi connectivity index (χ0v) is 18.9. The molecule has 0 aromatic heterocycles. The maximum atomic E-state index is 12.1. The van der Waals surface area contributed by atoms with E-state index in [1.807, 2.05) is 24.3 Å². The second-order valence-corrected chi connectivity index (χ2v) is 8.17. The number of nitrogens with one attached hydrogen (secondary N) is 2. The van der Waals surface area contributed by atoms with Crippen molar-refractivity contribution in [1.29, 1.82) is 0 Å². The SMILES string of the molecule is CCCCCCCCCC(=O)NCC(=O)NN=Cc1c2ccccc2cc2ccccc12. The van der Waals surface area contributed by atoms with Crippen molar-refractivity contribution in [3.8, 4) is 0 Å². The molecule has 2 amide bonds. The van der Waals surface area contributed by atoms with Gasteiger partial charge in [-0.3, -0.25) is 9.59 Å². The van der Waals surface area contributed by atoms with Crippen LogP contribution in [0.15, 0.2) is 59.7 Å². The van der Waals surface area contributed by atoms with Crippen LogP contribution in [0.3, 0.4) is 0 Å². The van der Waals surface area contributed by atoms with E-state index in [1.54, 1.807) is 6.21 Å². The lowest BCUT2D eigenvalue weighted by Gasteiger charge is -2.08. The minimum absolute atomic E-state index is 0.0665. The third-order valence-corrected chi connectivity index (χ3v) is 5.65. The molecule has 5 nitrogen and oxygen atoms in total. The molecule has 0 radical (unpaired) electrons. The van der Waals surface area contributed by atoms with E-state index in [-0.39, 0.29) is 18.4 Å². The Morgan fingerprint density at radius 3 is 2.06 bits per heavy atom. The van der Waals surface area contributed by atoms with Crippen molar-refractivity contribution in [2.45, 2.75) is 58.3 Å². The molecule has 0 aliphatic carbocycles. The summed E-state index contributed by atoms with van der Waals surface area (Å²) in [4.78, 5) is 24.0. The van der Waals surface area contributed by atoms with E-state index in [4.69, 9.17) is 0 Å². The fraction of sp³-hybridized carbons (Fsp3) is 0.370. The smallest absolute Gasteiger partial charge is 0.259 e. The average molecular weight is 432 g/mol. The molecule has 0 aliphatic rings. The first-order valence-electron chi connectivity index (χ1n) is 11.7. The van der Waals surface area contributed by atoms with Gasteiger partial charge in [0.05, 0.1) is 12.8 Å². The van der Waals surface area contributed by atoms with Gasteiger partial charge < -0.3 is 5.32 Å². The Bertz CT molecular complexity index is 1020. The van der Waals surface area contributed by atoms with Gasteiger partial charge in [0.25, 0.3) is 5.91 Å². The number of hydrogen-bond donors (Lipinski definition) is 2. The van der Waals surface area contributed by atoms with Gasteiger partial charge in [-0.2, -0.15) is 5.10 Å². The molecule has 0 spiro atoms. The molecule has 2 N–H and O–H groups in total. The van der Waals surface area contributed by atoms with E-state index in [1.165, 1.54) is 32.1 Å². The summed E-state index contributed by atoms with van der Waals surface area (Å²) in [5, 5.41) is 11.2. The standard InChI is InChI=1S/C27H33N3O2/c1-2-3-4-5-6-7-8-17-26(31)28-20-27(32)30-29-19-25-23-15-11-9-13-21(23)18-22-14-10-12-16-24(22)25/h9-16,18-19H,2-8,17,20H2,1H3,(H,28,31)(H,30,32). The van der Waals surface area contributed by atoms with Gasteiger partial charge in [-0.05, 0) is 34.0 Å². The van der Waals surface area contributed by atoms with Crippen molar-refractivity contribution in [2.24, 2.45) is 5.10 Å².